The van der Waals surface area contributed by atoms with Crippen LogP contribution in [0.3, 0.4) is 0 Å². The van der Waals surface area contributed by atoms with Gasteiger partial charge >= 0.3 is 0 Å². The standard InChI is InChI=1S/C73H46N2/c1-3-18-46(19-4-1)47-34-38-49(39-35-47)67-45-68(75-71(74-67)51-20-5-2-6-21-51)50-40-36-48(37-41-50)54-26-17-27-58-69-59-44-52-22-7-8-23-53(52)55(59)42-43-66(69)73(70(54)58)64-32-15-13-30-62(64)72(63-31-14-16-33-65(63)73)60-28-11-9-24-56(60)57-25-10-12-29-61(57)72/h1-43,45H,44H2. The van der Waals surface area contributed by atoms with Gasteiger partial charge in [0, 0.05) is 16.7 Å². The highest BCUT2D eigenvalue weighted by Gasteiger charge is 2.60. The first-order valence-electron chi connectivity index (χ1n) is 26.2. The van der Waals surface area contributed by atoms with Crippen molar-refractivity contribution < 1.29 is 0 Å². The summed E-state index contributed by atoms with van der Waals surface area (Å²) in [7, 11) is 0. The van der Waals surface area contributed by atoms with Gasteiger partial charge in [0.25, 0.3) is 0 Å². The summed E-state index contributed by atoms with van der Waals surface area (Å²) in [5, 5.41) is 0. The summed E-state index contributed by atoms with van der Waals surface area (Å²) in [4.78, 5) is 10.5. The molecule has 2 spiro atoms. The summed E-state index contributed by atoms with van der Waals surface area (Å²) >= 11 is 0. The molecule has 348 valence electrons. The zero-order chi connectivity index (χ0) is 49.2. The maximum atomic E-state index is 5.28. The first-order chi connectivity index (χ1) is 37.2. The van der Waals surface area contributed by atoms with Crippen molar-refractivity contribution in [2.45, 2.75) is 17.3 Å². The van der Waals surface area contributed by atoms with Gasteiger partial charge in [0.05, 0.1) is 22.2 Å². The van der Waals surface area contributed by atoms with E-state index in [1.54, 1.807) is 0 Å². The Bertz CT molecular complexity index is 4210. The molecular formula is C73H46N2. The van der Waals surface area contributed by atoms with Crippen LogP contribution in [0.1, 0.15) is 55.6 Å². The third kappa shape index (κ3) is 5.80. The molecule has 2 nitrogen and oxygen atoms in total. The molecule has 0 fully saturated rings. The van der Waals surface area contributed by atoms with Gasteiger partial charge in [-0.15, -0.1) is 0 Å². The normalized spacial score (nSPS) is 14.0. The molecule has 0 saturated heterocycles. The fourth-order valence-electron chi connectivity index (χ4n) is 14.1. The van der Waals surface area contributed by atoms with E-state index in [0.717, 1.165) is 34.5 Å². The van der Waals surface area contributed by atoms with Gasteiger partial charge < -0.3 is 0 Å². The van der Waals surface area contributed by atoms with E-state index in [4.69, 9.17) is 9.97 Å². The van der Waals surface area contributed by atoms with E-state index >= 15 is 0 Å². The predicted molar refractivity (Wildman–Crippen MR) is 306 cm³/mol. The van der Waals surface area contributed by atoms with E-state index in [9.17, 15) is 0 Å². The molecule has 11 aromatic carbocycles. The van der Waals surface area contributed by atoms with Crippen LogP contribution in [0, 0.1) is 0 Å². The minimum atomic E-state index is -0.642. The van der Waals surface area contributed by atoms with Crippen LogP contribution in [-0.2, 0) is 17.3 Å². The van der Waals surface area contributed by atoms with E-state index in [0.29, 0.717) is 5.82 Å². The SMILES string of the molecule is c1ccc(-c2ccc(-c3cc(-c4ccc(-c5cccc6c5C5(c7ccccc7C7(c8ccccc8-c8ccccc87)c7ccccc75)c5ccc7c(c5-6)Cc5ccccc5-7)cc4)nc(-c4ccccc4)n3)cc2)cc1. The van der Waals surface area contributed by atoms with Crippen molar-refractivity contribution in [2.75, 3.05) is 0 Å². The Morgan fingerprint density at radius 3 is 1.31 bits per heavy atom. The summed E-state index contributed by atoms with van der Waals surface area (Å²) in [6.45, 7) is 0. The van der Waals surface area contributed by atoms with Crippen LogP contribution in [0.2, 0.25) is 0 Å². The molecule has 0 bridgehead atoms. The molecule has 4 aliphatic carbocycles. The van der Waals surface area contributed by atoms with Gasteiger partial charge in [-0.1, -0.05) is 261 Å². The smallest absolute Gasteiger partial charge is 0.160 e. The second-order valence-electron chi connectivity index (χ2n) is 20.6. The molecule has 4 aliphatic rings. The third-order valence-corrected chi connectivity index (χ3v) is 17.1. The van der Waals surface area contributed by atoms with Gasteiger partial charge in [0.1, 0.15) is 0 Å². The zero-order valence-corrected chi connectivity index (χ0v) is 41.0. The van der Waals surface area contributed by atoms with E-state index in [1.807, 2.05) is 6.07 Å². The lowest BCUT2D eigenvalue weighted by atomic mass is 9.52. The summed E-state index contributed by atoms with van der Waals surface area (Å²) in [6.07, 6.45) is 0.903. The average Bonchev–Trinajstić information content (AvgIpc) is 4.35. The Kier molecular flexibility index (Phi) is 8.97. The maximum Gasteiger partial charge on any atom is 0.160 e. The highest BCUT2D eigenvalue weighted by Crippen LogP contribution is 2.69. The van der Waals surface area contributed by atoms with E-state index < -0.39 is 10.8 Å². The Labute approximate surface area is 437 Å². The predicted octanol–water partition coefficient (Wildman–Crippen LogP) is 17.4. The molecule has 0 unspecified atom stereocenters. The van der Waals surface area contributed by atoms with Crippen molar-refractivity contribution in [3.63, 3.8) is 0 Å². The number of hydrogen-bond acceptors (Lipinski definition) is 2. The largest absolute Gasteiger partial charge is 0.228 e. The van der Waals surface area contributed by atoms with Crippen LogP contribution in [0.5, 0.6) is 0 Å². The number of hydrogen-bond donors (Lipinski definition) is 0. The van der Waals surface area contributed by atoms with Gasteiger partial charge in [-0.3, -0.25) is 0 Å². The summed E-state index contributed by atoms with van der Waals surface area (Å²) in [5.41, 5.74) is 30.1. The van der Waals surface area contributed by atoms with Crippen molar-refractivity contribution >= 4 is 0 Å². The van der Waals surface area contributed by atoms with Crippen molar-refractivity contribution in [1.82, 2.24) is 9.97 Å². The maximum absolute atomic E-state index is 5.28. The molecule has 2 heteroatoms. The van der Waals surface area contributed by atoms with Crippen LogP contribution < -0.4 is 0 Å². The Hall–Kier alpha value is -9.50. The Morgan fingerprint density at radius 1 is 0.267 bits per heavy atom. The number of fused-ring (bicyclic) bond motifs is 20. The summed E-state index contributed by atoms with van der Waals surface area (Å²) in [6, 6.07) is 99.2. The molecule has 1 heterocycles. The molecule has 1 aromatic heterocycles. The second kappa shape index (κ2) is 16.0. The van der Waals surface area contributed by atoms with Crippen molar-refractivity contribution in [2.24, 2.45) is 0 Å². The number of nitrogens with zero attached hydrogens (tertiary/aromatic N) is 2. The number of aromatic nitrogens is 2. The molecule has 0 atom stereocenters. The van der Waals surface area contributed by atoms with Crippen molar-refractivity contribution in [1.29, 1.82) is 0 Å². The minimum absolute atomic E-state index is 0.517. The van der Waals surface area contributed by atoms with Crippen LogP contribution >= 0.6 is 0 Å². The van der Waals surface area contributed by atoms with Crippen LogP contribution in [-0.4, -0.2) is 9.97 Å². The van der Waals surface area contributed by atoms with Gasteiger partial charge in [-0.05, 0) is 124 Å². The third-order valence-electron chi connectivity index (χ3n) is 17.1. The number of benzene rings is 11. The van der Waals surface area contributed by atoms with Crippen LogP contribution in [0.25, 0.3) is 89.5 Å². The van der Waals surface area contributed by atoms with E-state index in [1.165, 1.54) is 111 Å². The molecule has 0 saturated carbocycles. The minimum Gasteiger partial charge on any atom is -0.228 e. The summed E-state index contributed by atoms with van der Waals surface area (Å²) in [5.74, 6) is 0.703. The number of rotatable bonds is 5. The second-order valence-corrected chi connectivity index (χ2v) is 20.6. The first kappa shape index (κ1) is 42.1. The highest BCUT2D eigenvalue weighted by molar-refractivity contribution is 6.00. The average molecular weight is 951 g/mol. The lowest BCUT2D eigenvalue weighted by Crippen LogP contribution is -2.44. The molecule has 0 N–H and O–H groups in total. The monoisotopic (exact) mass is 950 g/mol. The Morgan fingerprint density at radius 2 is 0.707 bits per heavy atom. The molecule has 12 aromatic rings. The lowest BCUT2D eigenvalue weighted by Gasteiger charge is -2.49. The molecule has 75 heavy (non-hydrogen) atoms. The molecule has 16 rings (SSSR count). The summed E-state index contributed by atoms with van der Waals surface area (Å²) < 4.78 is 0. The van der Waals surface area contributed by atoms with Crippen LogP contribution in [0.4, 0.5) is 0 Å². The fourth-order valence-corrected chi connectivity index (χ4v) is 14.1. The van der Waals surface area contributed by atoms with Gasteiger partial charge in [-0.25, -0.2) is 9.97 Å². The fraction of sp³-hybridized carbons (Fsp3) is 0.0411. The van der Waals surface area contributed by atoms with E-state index in [-0.39, 0.29) is 0 Å². The van der Waals surface area contributed by atoms with Gasteiger partial charge in [0.2, 0.25) is 0 Å². The van der Waals surface area contributed by atoms with Crippen molar-refractivity contribution in [3.05, 3.63) is 323 Å². The van der Waals surface area contributed by atoms with Gasteiger partial charge in [0.15, 0.2) is 5.82 Å². The first-order valence-corrected chi connectivity index (χ1v) is 26.2. The van der Waals surface area contributed by atoms with Crippen molar-refractivity contribution in [3.8, 4) is 89.5 Å². The molecule has 0 aliphatic heterocycles. The lowest BCUT2D eigenvalue weighted by molar-refractivity contribution is 0.633. The molecule has 0 radical (unpaired) electrons. The highest BCUT2D eigenvalue weighted by atomic mass is 14.9. The topological polar surface area (TPSA) is 25.8 Å². The van der Waals surface area contributed by atoms with Crippen LogP contribution in [0.15, 0.2) is 267 Å². The Balaban J connectivity index is 0.916. The van der Waals surface area contributed by atoms with Gasteiger partial charge in [-0.2, -0.15) is 0 Å². The molecule has 0 amide bonds. The zero-order valence-electron chi connectivity index (χ0n) is 41.0. The quantitative estimate of drug-likeness (QED) is 0.172. The van der Waals surface area contributed by atoms with E-state index in [2.05, 4.69) is 261 Å². The molecular weight excluding hydrogens is 905 g/mol.